The van der Waals surface area contributed by atoms with E-state index in [0.717, 1.165) is 11.2 Å². The van der Waals surface area contributed by atoms with Gasteiger partial charge >= 0.3 is 0 Å². The van der Waals surface area contributed by atoms with Gasteiger partial charge in [0.05, 0.1) is 0 Å². The largest absolute Gasteiger partial charge is 0.456 e. The molecule has 0 amide bonds. The van der Waals surface area contributed by atoms with Gasteiger partial charge in [0.15, 0.2) is 0 Å². The molecule has 2 heterocycles. The molecule has 54 heavy (non-hydrogen) atoms. The Bertz CT molecular complexity index is 3430. The van der Waals surface area contributed by atoms with Crippen molar-refractivity contribution in [3.05, 3.63) is 182 Å². The standard InChI is InChI=1S/C52H30OS/c1-2-12-36-32(10-1)11-9-18-38(36)51-41-16-5-3-14-39(41)50(40-15-4-6-17-42(40)51)33-22-20-31(21-23-33)34-24-26-43-49(29-34)54-48-27-25-35-28-47-45(30-44(35)52(43)48)37-13-7-8-19-46(37)53-47/h1-30H. The molecule has 0 bridgehead atoms. The van der Waals surface area contributed by atoms with Crippen LogP contribution in [0.3, 0.4) is 0 Å². The van der Waals surface area contributed by atoms with Crippen LogP contribution in [-0.2, 0) is 0 Å². The van der Waals surface area contributed by atoms with Crippen molar-refractivity contribution < 1.29 is 4.42 Å². The van der Waals surface area contributed by atoms with E-state index in [1.54, 1.807) is 0 Å². The molecule has 0 atom stereocenters. The van der Waals surface area contributed by atoms with Crippen LogP contribution in [0.2, 0.25) is 0 Å². The zero-order chi connectivity index (χ0) is 35.3. The summed E-state index contributed by atoms with van der Waals surface area (Å²) in [5.74, 6) is 0. The summed E-state index contributed by atoms with van der Waals surface area (Å²) >= 11 is 1.88. The predicted molar refractivity (Wildman–Crippen MR) is 233 cm³/mol. The van der Waals surface area contributed by atoms with Crippen molar-refractivity contribution in [2.24, 2.45) is 0 Å². The first-order chi connectivity index (χ1) is 26.8. The molecule has 0 spiro atoms. The molecule has 0 N–H and O–H groups in total. The molecule has 250 valence electrons. The Kier molecular flexibility index (Phi) is 6.28. The highest BCUT2D eigenvalue weighted by atomic mass is 32.1. The van der Waals surface area contributed by atoms with E-state index in [0.29, 0.717) is 0 Å². The lowest BCUT2D eigenvalue weighted by molar-refractivity contribution is 0.669. The second-order valence-corrected chi connectivity index (χ2v) is 15.4. The summed E-state index contributed by atoms with van der Waals surface area (Å²) in [6, 6.07) is 66.8. The zero-order valence-electron chi connectivity index (χ0n) is 29.1. The lowest BCUT2D eigenvalue weighted by atomic mass is 9.84. The van der Waals surface area contributed by atoms with Crippen molar-refractivity contribution in [3.8, 4) is 33.4 Å². The molecular formula is C52H30OS. The lowest BCUT2D eigenvalue weighted by Gasteiger charge is -2.19. The Morgan fingerprint density at radius 2 is 0.944 bits per heavy atom. The smallest absolute Gasteiger partial charge is 0.136 e. The van der Waals surface area contributed by atoms with Crippen LogP contribution < -0.4 is 0 Å². The highest BCUT2D eigenvalue weighted by molar-refractivity contribution is 7.26. The zero-order valence-corrected chi connectivity index (χ0v) is 30.0. The predicted octanol–water partition coefficient (Wildman–Crippen LogP) is 15.6. The fraction of sp³-hybridized carbons (Fsp3) is 0. The Labute approximate surface area is 314 Å². The number of furan rings is 1. The van der Waals surface area contributed by atoms with Crippen LogP contribution in [-0.4, -0.2) is 0 Å². The third kappa shape index (κ3) is 4.32. The van der Waals surface area contributed by atoms with E-state index in [4.69, 9.17) is 4.42 Å². The van der Waals surface area contributed by atoms with E-state index >= 15 is 0 Å². The van der Waals surface area contributed by atoms with Crippen molar-refractivity contribution in [1.82, 2.24) is 0 Å². The molecule has 2 heteroatoms. The van der Waals surface area contributed by atoms with E-state index in [1.807, 2.05) is 17.4 Å². The van der Waals surface area contributed by atoms with Gasteiger partial charge in [0.25, 0.3) is 0 Å². The van der Waals surface area contributed by atoms with Crippen molar-refractivity contribution in [2.45, 2.75) is 0 Å². The Hall–Kier alpha value is -6.74. The summed E-state index contributed by atoms with van der Waals surface area (Å²) in [7, 11) is 0. The normalized spacial score (nSPS) is 12.1. The van der Waals surface area contributed by atoms with Gasteiger partial charge in [-0.05, 0) is 107 Å². The third-order valence-corrected chi connectivity index (χ3v) is 12.6. The number of hydrogen-bond donors (Lipinski definition) is 0. The maximum absolute atomic E-state index is 6.23. The van der Waals surface area contributed by atoms with Gasteiger partial charge in [0.2, 0.25) is 0 Å². The molecule has 0 radical (unpaired) electrons. The second kappa shape index (κ2) is 11.4. The fourth-order valence-electron chi connectivity index (χ4n) is 9.00. The van der Waals surface area contributed by atoms with E-state index in [9.17, 15) is 0 Å². The van der Waals surface area contributed by atoms with Crippen LogP contribution in [0.25, 0.3) is 119 Å². The van der Waals surface area contributed by atoms with Gasteiger partial charge in [-0.1, -0.05) is 152 Å². The van der Waals surface area contributed by atoms with E-state index in [2.05, 4.69) is 176 Å². The molecule has 0 aliphatic carbocycles. The summed E-state index contributed by atoms with van der Waals surface area (Å²) in [5.41, 5.74) is 9.40. The summed E-state index contributed by atoms with van der Waals surface area (Å²) in [6.45, 7) is 0. The summed E-state index contributed by atoms with van der Waals surface area (Å²) in [4.78, 5) is 0. The maximum atomic E-state index is 6.23. The van der Waals surface area contributed by atoms with Crippen molar-refractivity contribution in [1.29, 1.82) is 0 Å². The fourth-order valence-corrected chi connectivity index (χ4v) is 10.2. The van der Waals surface area contributed by atoms with Crippen LogP contribution in [0.5, 0.6) is 0 Å². The van der Waals surface area contributed by atoms with Crippen LogP contribution in [0.4, 0.5) is 0 Å². The van der Waals surface area contributed by atoms with Gasteiger partial charge in [-0.15, -0.1) is 11.3 Å². The first kappa shape index (κ1) is 29.8. The molecular weight excluding hydrogens is 673 g/mol. The number of benzene rings is 10. The van der Waals surface area contributed by atoms with Crippen LogP contribution in [0.1, 0.15) is 0 Å². The van der Waals surface area contributed by atoms with Gasteiger partial charge in [-0.25, -0.2) is 0 Å². The van der Waals surface area contributed by atoms with E-state index in [-0.39, 0.29) is 0 Å². The third-order valence-electron chi connectivity index (χ3n) is 11.4. The monoisotopic (exact) mass is 702 g/mol. The quantitative estimate of drug-likeness (QED) is 0.167. The average molecular weight is 703 g/mol. The first-order valence-corrected chi connectivity index (χ1v) is 19.3. The molecule has 0 saturated carbocycles. The number of rotatable bonds is 3. The second-order valence-electron chi connectivity index (χ2n) is 14.4. The summed E-state index contributed by atoms with van der Waals surface area (Å²) in [6.07, 6.45) is 0. The highest BCUT2D eigenvalue weighted by Crippen LogP contribution is 2.46. The molecule has 0 unspecified atom stereocenters. The van der Waals surface area contributed by atoms with Crippen molar-refractivity contribution in [2.75, 3.05) is 0 Å². The van der Waals surface area contributed by atoms with E-state index < -0.39 is 0 Å². The van der Waals surface area contributed by atoms with Gasteiger partial charge < -0.3 is 4.42 Å². The highest BCUT2D eigenvalue weighted by Gasteiger charge is 2.18. The molecule has 1 nitrogen and oxygen atoms in total. The van der Waals surface area contributed by atoms with Crippen LogP contribution in [0, 0.1) is 0 Å². The number of thiophene rings is 1. The molecule has 12 rings (SSSR count). The summed E-state index contributed by atoms with van der Waals surface area (Å²) in [5, 5.41) is 15.1. The minimum atomic E-state index is 0.934. The van der Waals surface area contributed by atoms with Crippen molar-refractivity contribution in [3.63, 3.8) is 0 Å². The van der Waals surface area contributed by atoms with Gasteiger partial charge in [0, 0.05) is 30.9 Å². The van der Waals surface area contributed by atoms with Crippen LogP contribution >= 0.6 is 11.3 Å². The SMILES string of the molecule is c1ccc2c(-c3c4ccccc4c(-c4ccc(-c5ccc6c(c5)sc5ccc7cc8oc9ccccc9c8cc7c56)cc4)c4ccccc34)cccc2c1. The van der Waals surface area contributed by atoms with Gasteiger partial charge in [0.1, 0.15) is 11.2 Å². The lowest BCUT2D eigenvalue weighted by Crippen LogP contribution is -1.91. The minimum Gasteiger partial charge on any atom is -0.456 e. The molecule has 0 saturated heterocycles. The molecule has 0 aliphatic rings. The molecule has 10 aromatic carbocycles. The topological polar surface area (TPSA) is 13.1 Å². The molecule has 0 aliphatic heterocycles. The number of hydrogen-bond acceptors (Lipinski definition) is 2. The molecule has 0 fully saturated rings. The number of para-hydroxylation sites is 1. The summed E-state index contributed by atoms with van der Waals surface area (Å²) < 4.78 is 8.84. The van der Waals surface area contributed by atoms with Crippen LogP contribution in [0.15, 0.2) is 186 Å². The van der Waals surface area contributed by atoms with Crippen molar-refractivity contribution >= 4 is 96.5 Å². The molecule has 12 aromatic rings. The number of fused-ring (bicyclic) bond motifs is 11. The minimum absolute atomic E-state index is 0.934. The first-order valence-electron chi connectivity index (χ1n) is 18.5. The Balaban J connectivity index is 0.994. The van der Waals surface area contributed by atoms with Gasteiger partial charge in [-0.2, -0.15) is 0 Å². The average Bonchev–Trinajstić information content (AvgIpc) is 3.79. The van der Waals surface area contributed by atoms with E-state index in [1.165, 1.54) is 107 Å². The molecule has 2 aromatic heterocycles. The Morgan fingerprint density at radius 3 is 1.72 bits per heavy atom. The maximum Gasteiger partial charge on any atom is 0.136 e. The Morgan fingerprint density at radius 1 is 0.315 bits per heavy atom. The van der Waals surface area contributed by atoms with Gasteiger partial charge in [-0.3, -0.25) is 0 Å².